The smallest absolute Gasteiger partial charge is 0.151 e. The lowest BCUT2D eigenvalue weighted by Gasteiger charge is -2.29. The van der Waals surface area contributed by atoms with Gasteiger partial charge >= 0.3 is 0 Å². The number of nitrogens with zero attached hydrogens (tertiary/aromatic N) is 1. The highest BCUT2D eigenvalue weighted by atomic mass is 35.5. The lowest BCUT2D eigenvalue weighted by Crippen LogP contribution is -2.42. The summed E-state index contributed by atoms with van der Waals surface area (Å²) in [6.07, 6.45) is 1.39. The number of halogens is 1. The van der Waals surface area contributed by atoms with Crippen molar-refractivity contribution >= 4 is 21.4 Å². The number of hydrogen-bond donors (Lipinski definition) is 1. The quantitative estimate of drug-likeness (QED) is 0.734. The maximum Gasteiger partial charge on any atom is 0.151 e. The fraction of sp³-hybridized carbons (Fsp3) is 0.444. The predicted molar refractivity (Wildman–Crippen MR) is 99.1 cm³/mol. The Bertz CT molecular complexity index is 791. The molecule has 0 saturated carbocycles. The van der Waals surface area contributed by atoms with E-state index in [9.17, 15) is 13.5 Å². The van der Waals surface area contributed by atoms with Crippen molar-refractivity contribution in [3.05, 3.63) is 53.4 Å². The Morgan fingerprint density at radius 3 is 2.69 bits per heavy atom. The third-order valence-corrected chi connectivity index (χ3v) is 6.37. The van der Waals surface area contributed by atoms with Crippen molar-refractivity contribution in [2.24, 2.45) is 0 Å². The zero-order valence-electron chi connectivity index (χ0n) is 14.3. The van der Waals surface area contributed by atoms with Gasteiger partial charge in [-0.3, -0.25) is 4.90 Å². The van der Waals surface area contributed by atoms with E-state index >= 15 is 0 Å². The van der Waals surface area contributed by atoms with Gasteiger partial charge in [-0.15, -0.1) is 0 Å². The van der Waals surface area contributed by atoms with Crippen LogP contribution < -0.4 is 4.74 Å². The average molecular weight is 400 g/mol. The van der Waals surface area contributed by atoms with Crippen LogP contribution in [0.2, 0.25) is 5.02 Å². The predicted octanol–water partition coefficient (Wildman–Crippen LogP) is 2.36. The van der Waals surface area contributed by atoms with E-state index in [4.69, 9.17) is 20.8 Å². The zero-order chi connectivity index (χ0) is 18.6. The molecule has 6 nitrogen and oxygen atoms in total. The molecule has 2 heterocycles. The first-order valence-electron chi connectivity index (χ1n) is 8.44. The maximum absolute atomic E-state index is 11.8. The fourth-order valence-electron chi connectivity index (χ4n) is 3.06. The number of hydrogen-bond acceptors (Lipinski definition) is 6. The lowest BCUT2D eigenvalue weighted by molar-refractivity contribution is 0.0497. The third kappa shape index (κ3) is 5.48. The van der Waals surface area contributed by atoms with Gasteiger partial charge in [0, 0.05) is 17.6 Å². The monoisotopic (exact) mass is 399 g/mol. The van der Waals surface area contributed by atoms with Gasteiger partial charge in [-0.25, -0.2) is 8.42 Å². The lowest BCUT2D eigenvalue weighted by atomic mass is 10.2. The molecular formula is C18H22ClNO5S. The number of rotatable bonds is 8. The van der Waals surface area contributed by atoms with Gasteiger partial charge in [0.2, 0.25) is 0 Å². The Morgan fingerprint density at radius 1 is 1.31 bits per heavy atom. The molecule has 1 fully saturated rings. The second-order valence-corrected chi connectivity index (χ2v) is 9.15. The summed E-state index contributed by atoms with van der Waals surface area (Å²) in [6, 6.07) is 10.4. The first-order chi connectivity index (χ1) is 12.4. The van der Waals surface area contributed by atoms with Gasteiger partial charge in [-0.1, -0.05) is 11.6 Å². The molecule has 142 valence electrons. The number of furan rings is 1. The van der Waals surface area contributed by atoms with Gasteiger partial charge in [0.05, 0.1) is 24.3 Å². The fourth-order valence-corrected chi connectivity index (χ4v) is 4.94. The van der Waals surface area contributed by atoms with E-state index in [0.717, 1.165) is 5.76 Å². The number of benzene rings is 1. The Hall–Kier alpha value is -1.54. The van der Waals surface area contributed by atoms with Crippen molar-refractivity contribution in [2.75, 3.05) is 24.7 Å². The summed E-state index contributed by atoms with van der Waals surface area (Å²) < 4.78 is 34.6. The van der Waals surface area contributed by atoms with Gasteiger partial charge in [-0.2, -0.15) is 0 Å². The molecule has 1 N–H and O–H groups in total. The van der Waals surface area contributed by atoms with Gasteiger partial charge in [0.1, 0.15) is 24.2 Å². The minimum absolute atomic E-state index is 0.107. The molecule has 0 aliphatic carbocycles. The molecule has 0 bridgehead atoms. The second-order valence-electron chi connectivity index (χ2n) is 6.48. The standard InChI is InChI=1S/C18H22ClNO5S/c19-14-3-5-17(6-4-14)25-12-16(21)10-20(11-18-2-1-8-24-18)15-7-9-26(22,23)13-15/h1-6,8,15-16,21H,7,9-13H2/t15-,16+/m1/s1. The Balaban J connectivity index is 1.59. The Morgan fingerprint density at radius 2 is 2.08 bits per heavy atom. The van der Waals surface area contributed by atoms with E-state index < -0.39 is 15.9 Å². The molecule has 0 spiro atoms. The number of aliphatic hydroxyl groups excluding tert-OH is 1. The molecule has 2 atom stereocenters. The van der Waals surface area contributed by atoms with Crippen LogP contribution in [0.25, 0.3) is 0 Å². The van der Waals surface area contributed by atoms with E-state index in [0.29, 0.717) is 30.3 Å². The first-order valence-corrected chi connectivity index (χ1v) is 10.6. The normalized spacial score (nSPS) is 20.3. The number of aliphatic hydroxyl groups is 1. The van der Waals surface area contributed by atoms with Crippen LogP contribution in [0.5, 0.6) is 5.75 Å². The topological polar surface area (TPSA) is 80.0 Å². The molecule has 1 aromatic carbocycles. The highest BCUT2D eigenvalue weighted by Crippen LogP contribution is 2.21. The van der Waals surface area contributed by atoms with Crippen molar-refractivity contribution in [2.45, 2.75) is 25.1 Å². The van der Waals surface area contributed by atoms with Gasteiger partial charge in [0.25, 0.3) is 0 Å². The summed E-state index contributed by atoms with van der Waals surface area (Å²) in [5.41, 5.74) is 0. The SMILES string of the molecule is O=S1(=O)CC[C@@H](N(Cc2ccco2)C[C@H](O)COc2ccc(Cl)cc2)C1. The molecule has 2 aromatic rings. The van der Waals surface area contributed by atoms with Gasteiger partial charge in [0.15, 0.2) is 9.84 Å². The van der Waals surface area contributed by atoms with E-state index in [1.54, 1.807) is 36.6 Å². The van der Waals surface area contributed by atoms with Crippen LogP contribution in [-0.4, -0.2) is 55.2 Å². The van der Waals surface area contributed by atoms with Crippen molar-refractivity contribution in [3.8, 4) is 5.75 Å². The van der Waals surface area contributed by atoms with Crippen LogP contribution in [0.1, 0.15) is 12.2 Å². The number of sulfone groups is 1. The van der Waals surface area contributed by atoms with Crippen molar-refractivity contribution in [1.82, 2.24) is 4.90 Å². The Labute approximate surface area is 158 Å². The molecule has 3 rings (SSSR count). The Kier molecular flexibility index (Phi) is 6.24. The minimum Gasteiger partial charge on any atom is -0.491 e. The number of ether oxygens (including phenoxy) is 1. The van der Waals surface area contributed by atoms with E-state index in [1.165, 1.54) is 0 Å². The average Bonchev–Trinajstić information content (AvgIpc) is 3.23. The molecule has 1 aromatic heterocycles. The highest BCUT2D eigenvalue weighted by Gasteiger charge is 2.33. The summed E-state index contributed by atoms with van der Waals surface area (Å²) in [4.78, 5) is 1.96. The second kappa shape index (κ2) is 8.43. The molecule has 1 aliphatic rings. The third-order valence-electron chi connectivity index (χ3n) is 4.37. The van der Waals surface area contributed by atoms with Gasteiger partial charge in [-0.05, 0) is 42.8 Å². The van der Waals surface area contributed by atoms with Crippen molar-refractivity contribution in [1.29, 1.82) is 0 Å². The molecule has 0 unspecified atom stereocenters. The molecule has 8 heteroatoms. The highest BCUT2D eigenvalue weighted by molar-refractivity contribution is 7.91. The van der Waals surface area contributed by atoms with Crippen molar-refractivity contribution < 1.29 is 22.7 Å². The van der Waals surface area contributed by atoms with Gasteiger partial charge < -0.3 is 14.3 Å². The molecule has 0 amide bonds. The van der Waals surface area contributed by atoms with E-state index in [2.05, 4.69) is 0 Å². The van der Waals surface area contributed by atoms with Crippen LogP contribution >= 0.6 is 11.6 Å². The maximum atomic E-state index is 11.8. The summed E-state index contributed by atoms with van der Waals surface area (Å²) in [6.45, 7) is 0.857. The molecule has 1 aliphatic heterocycles. The van der Waals surface area contributed by atoms with Crippen LogP contribution in [0.4, 0.5) is 0 Å². The van der Waals surface area contributed by atoms with E-state index in [1.807, 2.05) is 11.0 Å². The largest absolute Gasteiger partial charge is 0.491 e. The van der Waals surface area contributed by atoms with Crippen LogP contribution in [0, 0.1) is 0 Å². The molecule has 1 saturated heterocycles. The molecule has 0 radical (unpaired) electrons. The molecule has 26 heavy (non-hydrogen) atoms. The first kappa shape index (κ1) is 19.2. The van der Waals surface area contributed by atoms with Crippen LogP contribution in [-0.2, 0) is 16.4 Å². The summed E-state index contributed by atoms with van der Waals surface area (Å²) in [5, 5.41) is 11.0. The van der Waals surface area contributed by atoms with Crippen LogP contribution in [0.15, 0.2) is 47.1 Å². The minimum atomic E-state index is -3.01. The van der Waals surface area contributed by atoms with Crippen LogP contribution in [0.3, 0.4) is 0 Å². The van der Waals surface area contributed by atoms with E-state index in [-0.39, 0.29) is 24.2 Å². The summed E-state index contributed by atoms with van der Waals surface area (Å²) in [7, 11) is -3.01. The zero-order valence-corrected chi connectivity index (χ0v) is 15.8. The van der Waals surface area contributed by atoms with Crippen molar-refractivity contribution in [3.63, 3.8) is 0 Å². The summed E-state index contributed by atoms with van der Waals surface area (Å²) >= 11 is 5.84. The molecular weight excluding hydrogens is 378 g/mol. The summed E-state index contributed by atoms with van der Waals surface area (Å²) in [5.74, 6) is 1.65.